The second kappa shape index (κ2) is 5.48. The van der Waals surface area contributed by atoms with Crippen LogP contribution in [-0.2, 0) is 17.8 Å². The van der Waals surface area contributed by atoms with Gasteiger partial charge in [0.25, 0.3) is 0 Å². The lowest BCUT2D eigenvalue weighted by Crippen LogP contribution is -2.22. The van der Waals surface area contributed by atoms with Crippen molar-refractivity contribution in [3.8, 4) is 0 Å². The molecular weight excluding hydrogens is 212 g/mol. The van der Waals surface area contributed by atoms with Gasteiger partial charge in [0.15, 0.2) is 0 Å². The van der Waals surface area contributed by atoms with E-state index in [-0.39, 0.29) is 11.2 Å². The average Bonchev–Trinajstić information content (AvgIpc) is 2.63. The van der Waals surface area contributed by atoms with Gasteiger partial charge in [-0.3, -0.25) is 4.79 Å². The fourth-order valence-electron chi connectivity index (χ4n) is 1.69. The van der Waals surface area contributed by atoms with Gasteiger partial charge in [-0.05, 0) is 18.3 Å². The highest BCUT2D eigenvalue weighted by atomic mass is 16.1. The lowest BCUT2D eigenvalue weighted by molar-refractivity contribution is -0.120. The summed E-state index contributed by atoms with van der Waals surface area (Å²) in [4.78, 5) is 16.2. The molecule has 0 fully saturated rings. The van der Waals surface area contributed by atoms with Crippen LogP contribution in [0, 0.1) is 11.3 Å². The first-order chi connectivity index (χ1) is 7.84. The number of Topliss-reactive ketones (excluding diaryl/α,β-unsaturated/α-hetero) is 1. The molecule has 0 aliphatic heterocycles. The first kappa shape index (κ1) is 13.9. The number of rotatable bonds is 5. The Balaban J connectivity index is 2.56. The predicted octanol–water partition coefficient (Wildman–Crippen LogP) is 3.09. The smallest absolute Gasteiger partial charge is 0.140 e. The molecule has 0 aromatic carbocycles. The lowest BCUT2D eigenvalue weighted by atomic mass is 9.79. The molecule has 1 rings (SSSR count). The molecule has 3 heteroatoms. The zero-order chi connectivity index (χ0) is 13.1. The molecule has 0 N–H and O–H groups in total. The van der Waals surface area contributed by atoms with Crippen molar-refractivity contribution in [2.75, 3.05) is 0 Å². The number of carbonyl (C=O) groups excluding carboxylic acids is 1. The Hall–Kier alpha value is -1.12. The van der Waals surface area contributed by atoms with Crippen LogP contribution in [0.5, 0.6) is 0 Å². The summed E-state index contributed by atoms with van der Waals surface area (Å²) in [6.45, 7) is 11.6. The van der Waals surface area contributed by atoms with Crippen LogP contribution in [-0.4, -0.2) is 15.3 Å². The van der Waals surface area contributed by atoms with Gasteiger partial charge in [0.05, 0.1) is 6.42 Å². The van der Waals surface area contributed by atoms with E-state index in [1.54, 1.807) is 6.20 Å². The molecule has 0 spiro atoms. The van der Waals surface area contributed by atoms with Crippen LogP contribution in [0.25, 0.3) is 0 Å². The van der Waals surface area contributed by atoms with Crippen LogP contribution in [0.1, 0.15) is 46.9 Å². The molecule has 1 atom stereocenters. The van der Waals surface area contributed by atoms with Crippen molar-refractivity contribution in [3.05, 3.63) is 18.2 Å². The van der Waals surface area contributed by atoms with Gasteiger partial charge in [-0.2, -0.15) is 0 Å². The zero-order valence-electron chi connectivity index (χ0n) is 11.7. The molecule has 3 nitrogen and oxygen atoms in total. The maximum Gasteiger partial charge on any atom is 0.140 e. The van der Waals surface area contributed by atoms with Crippen molar-refractivity contribution >= 4 is 5.78 Å². The van der Waals surface area contributed by atoms with Gasteiger partial charge < -0.3 is 4.57 Å². The summed E-state index contributed by atoms with van der Waals surface area (Å²) in [5.41, 5.74) is 0.190. The molecule has 0 amide bonds. The third kappa shape index (κ3) is 3.99. The zero-order valence-corrected chi connectivity index (χ0v) is 11.7. The summed E-state index contributed by atoms with van der Waals surface area (Å²) in [5, 5.41) is 0. The number of carbonyl (C=O) groups is 1. The van der Waals surface area contributed by atoms with E-state index in [0.29, 0.717) is 18.8 Å². The fourth-order valence-corrected chi connectivity index (χ4v) is 1.69. The third-order valence-electron chi connectivity index (χ3n) is 3.51. The molecule has 0 saturated heterocycles. The van der Waals surface area contributed by atoms with Crippen molar-refractivity contribution in [1.82, 2.24) is 9.55 Å². The molecule has 0 aliphatic rings. The molecular formula is C14H24N2O. The second-order valence-corrected chi connectivity index (χ2v) is 5.82. The van der Waals surface area contributed by atoms with Crippen LogP contribution < -0.4 is 0 Å². The fraction of sp³-hybridized carbons (Fsp3) is 0.714. The van der Waals surface area contributed by atoms with Crippen molar-refractivity contribution in [2.45, 2.75) is 54.0 Å². The largest absolute Gasteiger partial charge is 0.335 e. The Labute approximate surface area is 104 Å². The van der Waals surface area contributed by atoms with Gasteiger partial charge in [0.2, 0.25) is 0 Å². The second-order valence-electron chi connectivity index (χ2n) is 5.82. The van der Waals surface area contributed by atoms with Crippen LogP contribution in [0.15, 0.2) is 12.4 Å². The number of aryl methyl sites for hydroxylation is 1. The minimum absolute atomic E-state index is 0.190. The highest BCUT2D eigenvalue weighted by molar-refractivity contribution is 5.80. The lowest BCUT2D eigenvalue weighted by Gasteiger charge is -2.26. The molecule has 96 valence electrons. The normalized spacial score (nSPS) is 13.7. The average molecular weight is 236 g/mol. The van der Waals surface area contributed by atoms with E-state index in [9.17, 15) is 4.79 Å². The standard InChI is InChI=1S/C14H24N2O/c1-6-16-8-7-15-13(16)10-12(17)9-11(2)14(3,4)5/h7-8,11H,6,9-10H2,1-5H3. The van der Waals surface area contributed by atoms with Crippen molar-refractivity contribution in [3.63, 3.8) is 0 Å². The Morgan fingerprint density at radius 1 is 1.47 bits per heavy atom. The Morgan fingerprint density at radius 2 is 2.12 bits per heavy atom. The quantitative estimate of drug-likeness (QED) is 0.787. The summed E-state index contributed by atoms with van der Waals surface area (Å²) in [6.07, 6.45) is 4.79. The van der Waals surface area contributed by atoms with E-state index in [1.165, 1.54) is 0 Å². The topological polar surface area (TPSA) is 34.9 Å². The van der Waals surface area contributed by atoms with E-state index < -0.39 is 0 Å². The molecule has 0 saturated carbocycles. The van der Waals surface area contributed by atoms with Crippen molar-refractivity contribution in [1.29, 1.82) is 0 Å². The Morgan fingerprint density at radius 3 is 2.65 bits per heavy atom. The van der Waals surface area contributed by atoms with E-state index in [2.05, 4.69) is 39.6 Å². The molecule has 1 heterocycles. The van der Waals surface area contributed by atoms with Crippen LogP contribution in [0.2, 0.25) is 0 Å². The van der Waals surface area contributed by atoms with Crippen molar-refractivity contribution < 1.29 is 4.79 Å². The van der Waals surface area contributed by atoms with Gasteiger partial charge >= 0.3 is 0 Å². The number of hydrogen-bond acceptors (Lipinski definition) is 2. The summed E-state index contributed by atoms with van der Waals surface area (Å²) in [6, 6.07) is 0. The molecule has 1 aromatic rings. The number of hydrogen-bond donors (Lipinski definition) is 0. The summed E-state index contributed by atoms with van der Waals surface area (Å²) < 4.78 is 2.03. The molecule has 0 bridgehead atoms. The third-order valence-corrected chi connectivity index (χ3v) is 3.51. The van der Waals surface area contributed by atoms with Gasteiger partial charge in [-0.25, -0.2) is 4.98 Å². The van der Waals surface area contributed by atoms with Crippen LogP contribution in [0.4, 0.5) is 0 Å². The maximum atomic E-state index is 12.0. The summed E-state index contributed by atoms with van der Waals surface area (Å²) >= 11 is 0. The van der Waals surface area contributed by atoms with E-state index in [0.717, 1.165) is 12.4 Å². The monoisotopic (exact) mass is 236 g/mol. The number of imidazole rings is 1. The van der Waals surface area contributed by atoms with Crippen molar-refractivity contribution in [2.24, 2.45) is 11.3 Å². The molecule has 0 radical (unpaired) electrons. The van der Waals surface area contributed by atoms with Crippen LogP contribution in [0.3, 0.4) is 0 Å². The Kier molecular flexibility index (Phi) is 4.49. The number of ketones is 1. The van der Waals surface area contributed by atoms with Crippen LogP contribution >= 0.6 is 0 Å². The van der Waals surface area contributed by atoms with Gasteiger partial charge in [-0.15, -0.1) is 0 Å². The molecule has 0 aliphatic carbocycles. The number of aromatic nitrogens is 2. The maximum absolute atomic E-state index is 12.0. The van der Waals surface area contributed by atoms with Gasteiger partial charge in [-0.1, -0.05) is 27.7 Å². The summed E-state index contributed by atoms with van der Waals surface area (Å²) in [7, 11) is 0. The van der Waals surface area contributed by atoms with Gasteiger partial charge in [0.1, 0.15) is 11.6 Å². The van der Waals surface area contributed by atoms with E-state index in [4.69, 9.17) is 0 Å². The minimum atomic E-state index is 0.190. The van der Waals surface area contributed by atoms with E-state index in [1.807, 2.05) is 10.8 Å². The molecule has 17 heavy (non-hydrogen) atoms. The first-order valence-corrected chi connectivity index (χ1v) is 6.36. The highest BCUT2D eigenvalue weighted by Gasteiger charge is 2.23. The van der Waals surface area contributed by atoms with E-state index >= 15 is 0 Å². The predicted molar refractivity (Wildman–Crippen MR) is 69.8 cm³/mol. The Bertz CT molecular complexity index is 374. The minimum Gasteiger partial charge on any atom is -0.335 e. The SMILES string of the molecule is CCn1ccnc1CC(=O)CC(C)C(C)(C)C. The summed E-state index contributed by atoms with van der Waals surface area (Å²) in [5.74, 6) is 1.58. The molecule has 1 aromatic heterocycles. The molecule has 1 unspecified atom stereocenters. The van der Waals surface area contributed by atoms with Gasteiger partial charge in [0, 0.05) is 25.4 Å². The first-order valence-electron chi connectivity index (χ1n) is 6.36. The number of nitrogens with zero attached hydrogens (tertiary/aromatic N) is 2. The highest BCUT2D eigenvalue weighted by Crippen LogP contribution is 2.28.